The molecule has 1 saturated carbocycles. The minimum Gasteiger partial charge on any atom is -0.444 e. The molecule has 1 fully saturated rings. The van der Waals surface area contributed by atoms with Crippen LogP contribution in [0.15, 0.2) is 0 Å². The van der Waals surface area contributed by atoms with Crippen molar-refractivity contribution in [3.05, 3.63) is 0 Å². The average molecular weight is 231 g/mol. The summed E-state index contributed by atoms with van der Waals surface area (Å²) in [5.41, 5.74) is 4.26. The lowest BCUT2D eigenvalue weighted by molar-refractivity contribution is 0.0600. The Balaban J connectivity index is 0.000000281. The van der Waals surface area contributed by atoms with Crippen molar-refractivity contribution >= 4 is 6.09 Å². The Hall–Kier alpha value is -0.770. The maximum absolute atomic E-state index is 10.0. The zero-order valence-corrected chi connectivity index (χ0v) is 10.9. The zero-order valence-electron chi connectivity index (χ0n) is 10.9. The first-order valence-corrected chi connectivity index (χ1v) is 5.82. The fraction of sp³-hybridized carbons (Fsp3) is 0.917. The van der Waals surface area contributed by atoms with Gasteiger partial charge in [-0.15, -0.1) is 0 Å². The van der Waals surface area contributed by atoms with Crippen molar-refractivity contribution in [2.24, 2.45) is 11.7 Å². The van der Waals surface area contributed by atoms with Gasteiger partial charge in [-0.05, 0) is 39.5 Å². The second-order valence-electron chi connectivity index (χ2n) is 5.11. The number of hydrogen-bond donors (Lipinski definition) is 1. The Morgan fingerprint density at radius 3 is 2.19 bits per heavy atom. The summed E-state index contributed by atoms with van der Waals surface area (Å²) in [4.78, 5) is 10.0. The van der Waals surface area contributed by atoms with E-state index in [0.29, 0.717) is 0 Å². The summed E-state index contributed by atoms with van der Waals surface area (Å²) >= 11 is 0. The lowest BCUT2D eigenvalue weighted by Gasteiger charge is -2.16. The van der Waals surface area contributed by atoms with E-state index in [1.165, 1.54) is 25.7 Å². The average Bonchev–Trinajstić information content (AvgIpc) is 2.84. The van der Waals surface area contributed by atoms with Gasteiger partial charge in [0.1, 0.15) is 5.60 Å². The number of amides is 1. The third-order valence-corrected chi connectivity index (χ3v) is 2.06. The molecule has 0 radical (unpaired) electrons. The summed E-state index contributed by atoms with van der Waals surface area (Å²) in [5.74, 6) is 1.07. The van der Waals surface area contributed by atoms with Gasteiger partial charge >= 0.3 is 6.09 Å². The normalized spacial score (nSPS) is 15.0. The quantitative estimate of drug-likeness (QED) is 0.757. The summed E-state index contributed by atoms with van der Waals surface area (Å²) in [6.07, 6.45) is 4.89. The van der Waals surface area contributed by atoms with E-state index in [4.69, 9.17) is 10.5 Å². The van der Waals surface area contributed by atoms with Crippen LogP contribution in [-0.4, -0.2) is 25.4 Å². The van der Waals surface area contributed by atoms with Gasteiger partial charge in [-0.25, -0.2) is 4.79 Å². The molecule has 0 aromatic rings. The third kappa shape index (κ3) is 13.2. The molecule has 0 aromatic carbocycles. The lowest BCUT2D eigenvalue weighted by Crippen LogP contribution is -2.27. The minimum absolute atomic E-state index is 0.453. The van der Waals surface area contributed by atoms with E-state index in [0.717, 1.165) is 12.5 Å². The largest absolute Gasteiger partial charge is 0.444 e. The van der Waals surface area contributed by atoms with Crippen molar-refractivity contribution in [1.82, 2.24) is 0 Å². The van der Waals surface area contributed by atoms with Gasteiger partial charge in [0, 0.05) is 13.7 Å². The molecule has 0 bridgehead atoms. The first kappa shape index (κ1) is 15.2. The van der Waals surface area contributed by atoms with Crippen LogP contribution in [0.2, 0.25) is 0 Å². The fourth-order valence-corrected chi connectivity index (χ4v) is 1.22. The molecule has 96 valence electrons. The van der Waals surface area contributed by atoms with E-state index in [-0.39, 0.29) is 0 Å². The van der Waals surface area contributed by atoms with Crippen LogP contribution >= 0.6 is 0 Å². The topological polar surface area (TPSA) is 61.5 Å². The van der Waals surface area contributed by atoms with Gasteiger partial charge in [-0.1, -0.05) is 12.8 Å². The van der Waals surface area contributed by atoms with E-state index in [9.17, 15) is 4.79 Å². The fourth-order valence-electron chi connectivity index (χ4n) is 1.22. The predicted molar refractivity (Wildman–Crippen MR) is 64.3 cm³/mol. The highest BCUT2D eigenvalue weighted by Gasteiger charge is 2.19. The number of carbonyl (C=O) groups excluding carboxylic acids is 1. The van der Waals surface area contributed by atoms with E-state index < -0.39 is 11.7 Å². The molecule has 0 aromatic heterocycles. The van der Waals surface area contributed by atoms with Crippen LogP contribution in [0.4, 0.5) is 4.79 Å². The molecule has 0 atom stereocenters. The first-order valence-electron chi connectivity index (χ1n) is 5.82. The molecule has 0 spiro atoms. The number of rotatable bonds is 4. The molecule has 0 heterocycles. The standard InChI is InChI=1S/C7H14O.C5H11NO2/c1-8-6-2-3-7-4-5-7;1-5(2,3)8-4(6)7/h7H,2-6H2,1H3;1-3H3,(H2,6,7). The van der Waals surface area contributed by atoms with Crippen LogP contribution < -0.4 is 5.73 Å². The Bertz CT molecular complexity index is 195. The number of methoxy groups -OCH3 is 1. The SMILES string of the molecule is CC(C)(C)OC(N)=O.COCCCC1CC1. The van der Waals surface area contributed by atoms with Crippen molar-refractivity contribution in [1.29, 1.82) is 0 Å². The van der Waals surface area contributed by atoms with Gasteiger partial charge in [0.2, 0.25) is 0 Å². The highest BCUT2D eigenvalue weighted by atomic mass is 16.6. The van der Waals surface area contributed by atoms with Crippen molar-refractivity contribution in [3.63, 3.8) is 0 Å². The van der Waals surface area contributed by atoms with Gasteiger partial charge in [-0.3, -0.25) is 0 Å². The number of ether oxygens (including phenoxy) is 2. The van der Waals surface area contributed by atoms with Crippen molar-refractivity contribution < 1.29 is 14.3 Å². The molecule has 1 rings (SSSR count). The molecule has 4 nitrogen and oxygen atoms in total. The van der Waals surface area contributed by atoms with Crippen molar-refractivity contribution in [3.8, 4) is 0 Å². The Morgan fingerprint density at radius 2 is 1.94 bits per heavy atom. The molecule has 0 unspecified atom stereocenters. The molecule has 0 saturated heterocycles. The summed E-state index contributed by atoms with van der Waals surface area (Å²) in [7, 11) is 1.77. The molecule has 4 heteroatoms. The molecule has 0 aliphatic heterocycles. The first-order chi connectivity index (χ1) is 7.35. The maximum atomic E-state index is 10.0. The summed E-state index contributed by atoms with van der Waals surface area (Å²) in [6, 6.07) is 0. The highest BCUT2D eigenvalue weighted by Crippen LogP contribution is 2.33. The summed E-state index contributed by atoms with van der Waals surface area (Å²) in [5, 5.41) is 0. The predicted octanol–water partition coefficient (Wildman–Crippen LogP) is 2.70. The molecular weight excluding hydrogens is 206 g/mol. The Labute approximate surface area is 98.5 Å². The molecule has 1 aliphatic rings. The number of nitrogens with two attached hydrogens (primary N) is 1. The summed E-state index contributed by atoms with van der Waals surface area (Å²) in [6.45, 7) is 6.24. The number of primary amides is 1. The summed E-state index contributed by atoms with van der Waals surface area (Å²) < 4.78 is 9.50. The van der Waals surface area contributed by atoms with E-state index in [2.05, 4.69) is 4.74 Å². The van der Waals surface area contributed by atoms with Crippen LogP contribution in [-0.2, 0) is 9.47 Å². The maximum Gasteiger partial charge on any atom is 0.405 e. The molecule has 1 aliphatic carbocycles. The molecule has 16 heavy (non-hydrogen) atoms. The minimum atomic E-state index is -0.725. The highest BCUT2D eigenvalue weighted by molar-refractivity contribution is 5.65. The molecular formula is C12H25NO3. The van der Waals surface area contributed by atoms with Crippen molar-refractivity contribution in [2.45, 2.75) is 52.1 Å². The monoisotopic (exact) mass is 231 g/mol. The number of hydrogen-bond acceptors (Lipinski definition) is 3. The number of carbonyl (C=O) groups is 1. The van der Waals surface area contributed by atoms with Crippen LogP contribution in [0, 0.1) is 5.92 Å². The second kappa shape index (κ2) is 7.49. The van der Waals surface area contributed by atoms with E-state index in [1.54, 1.807) is 27.9 Å². The Morgan fingerprint density at radius 1 is 1.38 bits per heavy atom. The lowest BCUT2D eigenvalue weighted by atomic mass is 10.2. The van der Waals surface area contributed by atoms with Gasteiger partial charge in [0.25, 0.3) is 0 Å². The zero-order chi connectivity index (χ0) is 12.6. The van der Waals surface area contributed by atoms with Crippen LogP contribution in [0.5, 0.6) is 0 Å². The van der Waals surface area contributed by atoms with Crippen LogP contribution in [0.1, 0.15) is 46.5 Å². The van der Waals surface area contributed by atoms with E-state index in [1.807, 2.05) is 0 Å². The molecule has 1 amide bonds. The van der Waals surface area contributed by atoms with Crippen molar-refractivity contribution in [2.75, 3.05) is 13.7 Å². The Kier molecular flexibility index (Phi) is 7.13. The van der Waals surface area contributed by atoms with Crippen LogP contribution in [0.25, 0.3) is 0 Å². The van der Waals surface area contributed by atoms with Gasteiger partial charge in [-0.2, -0.15) is 0 Å². The van der Waals surface area contributed by atoms with Crippen LogP contribution in [0.3, 0.4) is 0 Å². The van der Waals surface area contributed by atoms with E-state index >= 15 is 0 Å². The van der Waals surface area contributed by atoms with Gasteiger partial charge < -0.3 is 15.2 Å². The smallest absolute Gasteiger partial charge is 0.405 e. The van der Waals surface area contributed by atoms with Gasteiger partial charge in [0.15, 0.2) is 0 Å². The second-order valence-corrected chi connectivity index (χ2v) is 5.11. The van der Waals surface area contributed by atoms with Gasteiger partial charge in [0.05, 0.1) is 0 Å². The molecule has 2 N–H and O–H groups in total. The third-order valence-electron chi connectivity index (χ3n) is 2.06.